The largest absolute Gasteiger partial charge is 0.500 e. The van der Waals surface area contributed by atoms with Crippen molar-refractivity contribution in [2.24, 2.45) is 0 Å². The van der Waals surface area contributed by atoms with Crippen LogP contribution in [0.15, 0.2) is 41.2 Å². The third kappa shape index (κ3) is 3.58. The Balaban J connectivity index is 2.21. The second kappa shape index (κ2) is 7.27. The van der Waals surface area contributed by atoms with Crippen LogP contribution < -0.4 is 20.9 Å². The number of aromatic hydroxyl groups is 1. The van der Waals surface area contributed by atoms with Crippen molar-refractivity contribution in [2.75, 3.05) is 7.11 Å². The first-order valence-electron chi connectivity index (χ1n) is 7.65. The van der Waals surface area contributed by atoms with Gasteiger partial charge in [0.05, 0.1) is 28.3 Å². The second-order valence-electron chi connectivity index (χ2n) is 5.61. The lowest BCUT2D eigenvalue weighted by molar-refractivity contribution is -0.386. The molecule has 0 aliphatic carbocycles. The molecule has 2 N–H and O–H groups in total. The molecule has 0 saturated carbocycles. The molecule has 3 rings (SSSR count). The number of phenolic OH excluding ortho intramolecular Hbond substituents is 1. The molecule has 2 aromatic carbocycles. The lowest BCUT2D eigenvalue weighted by Crippen LogP contribution is -2.33. The van der Waals surface area contributed by atoms with Gasteiger partial charge in [0.15, 0.2) is 5.75 Å². The van der Waals surface area contributed by atoms with Gasteiger partial charge in [-0.05, 0) is 64.6 Å². The quantitative estimate of drug-likeness (QED) is 0.336. The number of hydrogen-bond acceptors (Lipinski definition) is 5. The fraction of sp³-hybridized carbons (Fsp3) is 0.0556. The number of aromatic nitrogens is 2. The Kier molecular flexibility index (Phi) is 5.04. The molecule has 0 unspecified atom stereocenters. The van der Waals surface area contributed by atoms with Gasteiger partial charge in [-0.1, -0.05) is 6.58 Å². The van der Waals surface area contributed by atoms with Crippen LogP contribution in [0.4, 0.5) is 5.69 Å². The summed E-state index contributed by atoms with van der Waals surface area (Å²) in [5.74, 6) is -0.630. The van der Waals surface area contributed by atoms with Crippen molar-refractivity contribution < 1.29 is 14.8 Å². The first-order chi connectivity index (χ1) is 12.8. The summed E-state index contributed by atoms with van der Waals surface area (Å²) in [6.45, 7) is 3.84. The summed E-state index contributed by atoms with van der Waals surface area (Å²) in [5.41, 5.74) is 0.0990. The number of aromatic amines is 1. The molecule has 0 amide bonds. The molecule has 138 valence electrons. The molecule has 27 heavy (non-hydrogen) atoms. The Labute approximate surface area is 166 Å². The molecular formula is C18H14IN3O5. The number of nitrogens with zero attached hydrogens (tertiary/aromatic N) is 2. The van der Waals surface area contributed by atoms with Gasteiger partial charge in [0, 0.05) is 9.64 Å². The number of rotatable bonds is 4. The summed E-state index contributed by atoms with van der Waals surface area (Å²) in [6.07, 6.45) is 1.46. The van der Waals surface area contributed by atoms with Crippen LogP contribution in [-0.4, -0.2) is 26.9 Å². The lowest BCUT2D eigenvalue weighted by atomic mass is 10.1. The number of hydrogen-bond donors (Lipinski definition) is 2. The van der Waals surface area contributed by atoms with Crippen molar-refractivity contribution in [3.05, 3.63) is 76.6 Å². The van der Waals surface area contributed by atoms with Crippen LogP contribution in [0.2, 0.25) is 0 Å². The van der Waals surface area contributed by atoms with Crippen molar-refractivity contribution in [1.29, 1.82) is 0 Å². The summed E-state index contributed by atoms with van der Waals surface area (Å²) in [4.78, 5) is 23.2. The summed E-state index contributed by atoms with van der Waals surface area (Å²) in [5, 5.41) is 24.5. The van der Waals surface area contributed by atoms with Gasteiger partial charge in [-0.15, -0.1) is 0 Å². The number of nitrogens with one attached hydrogen (secondary N) is 1. The van der Waals surface area contributed by atoms with Crippen molar-refractivity contribution in [3.63, 3.8) is 0 Å². The Morgan fingerprint density at radius 1 is 1.33 bits per heavy atom. The van der Waals surface area contributed by atoms with Crippen LogP contribution in [0, 0.1) is 13.7 Å². The van der Waals surface area contributed by atoms with Gasteiger partial charge in [-0.2, -0.15) is 0 Å². The van der Waals surface area contributed by atoms with Gasteiger partial charge in [0.1, 0.15) is 0 Å². The molecule has 1 aromatic heterocycles. The molecule has 0 aliphatic rings. The lowest BCUT2D eigenvalue weighted by Gasteiger charge is -2.05. The minimum atomic E-state index is -0.721. The molecule has 1 heterocycles. The third-order valence-electron chi connectivity index (χ3n) is 3.89. The Morgan fingerprint density at radius 3 is 2.59 bits per heavy atom. The maximum atomic E-state index is 12.8. The molecule has 0 spiro atoms. The van der Waals surface area contributed by atoms with Gasteiger partial charge < -0.3 is 9.84 Å². The molecule has 3 aromatic rings. The summed E-state index contributed by atoms with van der Waals surface area (Å²) in [7, 11) is 1.29. The topological polar surface area (TPSA) is 110 Å². The Bertz CT molecular complexity index is 1200. The van der Waals surface area contributed by atoms with E-state index in [1.165, 1.54) is 30.0 Å². The number of nitro groups is 1. The van der Waals surface area contributed by atoms with Crippen LogP contribution in [0.1, 0.15) is 5.56 Å². The first kappa shape index (κ1) is 18.7. The number of halogens is 1. The molecule has 0 atom stereocenters. The Hall–Kier alpha value is -3.08. The normalized spacial score (nSPS) is 11.6. The van der Waals surface area contributed by atoms with E-state index in [2.05, 4.69) is 34.3 Å². The molecular weight excluding hydrogens is 465 g/mol. The SMILES string of the molecule is C=c1[nH]n(-c2ccc(I)cc2)c(=O)/c1=C/c1cc(OC)c(O)c([N+](=O)[O-])c1. The second-order valence-corrected chi connectivity index (χ2v) is 6.86. The van der Waals surface area contributed by atoms with Crippen molar-refractivity contribution in [3.8, 4) is 17.2 Å². The summed E-state index contributed by atoms with van der Waals surface area (Å²) in [6, 6.07) is 9.88. The predicted octanol–water partition coefficient (Wildman–Crippen LogP) is 1.63. The zero-order chi connectivity index (χ0) is 19.7. The van der Waals surface area contributed by atoms with Crippen LogP contribution in [0.3, 0.4) is 0 Å². The van der Waals surface area contributed by atoms with Crippen LogP contribution in [0.5, 0.6) is 11.5 Å². The fourth-order valence-electron chi connectivity index (χ4n) is 2.57. The van der Waals surface area contributed by atoms with Gasteiger partial charge in [-0.25, -0.2) is 4.68 Å². The van der Waals surface area contributed by atoms with E-state index in [4.69, 9.17) is 4.74 Å². The molecule has 9 heteroatoms. The van der Waals surface area contributed by atoms with Crippen molar-refractivity contribution >= 4 is 40.9 Å². The van der Waals surface area contributed by atoms with E-state index in [1.54, 1.807) is 12.1 Å². The maximum absolute atomic E-state index is 12.8. The molecule has 0 bridgehead atoms. The average molecular weight is 479 g/mol. The maximum Gasteiger partial charge on any atom is 0.315 e. The van der Waals surface area contributed by atoms with Gasteiger partial charge >= 0.3 is 5.69 Å². The van der Waals surface area contributed by atoms with E-state index in [0.29, 0.717) is 16.6 Å². The average Bonchev–Trinajstić information content (AvgIpc) is 2.91. The molecule has 0 saturated heterocycles. The number of methoxy groups -OCH3 is 1. The molecule has 0 radical (unpaired) electrons. The van der Waals surface area contributed by atoms with E-state index in [9.17, 15) is 20.0 Å². The summed E-state index contributed by atoms with van der Waals surface area (Å²) >= 11 is 2.17. The number of ether oxygens (including phenoxy) is 1. The van der Waals surface area contributed by atoms with Gasteiger partial charge in [0.2, 0.25) is 5.75 Å². The minimum Gasteiger partial charge on any atom is -0.500 e. The zero-order valence-electron chi connectivity index (χ0n) is 14.1. The standard InChI is InChI=1S/C18H14IN3O5/c1-10-14(18(24)21(20-10)13-5-3-12(19)4-6-13)7-11-8-15(22(25)26)17(23)16(9-11)27-2/h3-9,20,23H,1H2,2H3/b14-7+. The highest BCUT2D eigenvalue weighted by atomic mass is 127. The van der Waals surface area contributed by atoms with Crippen molar-refractivity contribution in [1.82, 2.24) is 9.78 Å². The smallest absolute Gasteiger partial charge is 0.315 e. The highest BCUT2D eigenvalue weighted by molar-refractivity contribution is 14.1. The van der Waals surface area contributed by atoms with Gasteiger partial charge in [0.25, 0.3) is 5.56 Å². The van der Waals surface area contributed by atoms with Gasteiger partial charge in [-0.3, -0.25) is 20.0 Å². The van der Waals surface area contributed by atoms with E-state index >= 15 is 0 Å². The number of H-pyrrole nitrogens is 1. The highest BCUT2D eigenvalue weighted by Gasteiger charge is 2.19. The fourth-order valence-corrected chi connectivity index (χ4v) is 2.93. The monoisotopic (exact) mass is 479 g/mol. The predicted molar refractivity (Wildman–Crippen MR) is 109 cm³/mol. The number of benzene rings is 2. The number of phenols is 1. The molecule has 8 nitrogen and oxygen atoms in total. The van der Waals surface area contributed by atoms with Crippen LogP contribution in [0.25, 0.3) is 18.3 Å². The Morgan fingerprint density at radius 2 is 2.00 bits per heavy atom. The molecule has 0 aliphatic heterocycles. The highest BCUT2D eigenvalue weighted by Crippen LogP contribution is 2.36. The number of nitro benzene ring substituents is 1. The zero-order valence-corrected chi connectivity index (χ0v) is 16.3. The molecule has 0 fully saturated rings. The van der Waals surface area contributed by atoms with E-state index in [1.807, 2.05) is 12.1 Å². The minimum absolute atomic E-state index is 0.0606. The summed E-state index contributed by atoms with van der Waals surface area (Å²) < 4.78 is 7.35. The van der Waals surface area contributed by atoms with Crippen molar-refractivity contribution in [2.45, 2.75) is 0 Å². The third-order valence-corrected chi connectivity index (χ3v) is 4.61. The van der Waals surface area contributed by atoms with E-state index in [0.717, 1.165) is 3.57 Å². The van der Waals surface area contributed by atoms with E-state index in [-0.39, 0.29) is 16.5 Å². The first-order valence-corrected chi connectivity index (χ1v) is 8.72. The van der Waals surface area contributed by atoms with Crippen LogP contribution in [-0.2, 0) is 0 Å². The van der Waals surface area contributed by atoms with E-state index < -0.39 is 16.4 Å². The van der Waals surface area contributed by atoms with Crippen LogP contribution >= 0.6 is 22.6 Å².